The van der Waals surface area contributed by atoms with Gasteiger partial charge in [-0.3, -0.25) is 19.7 Å². The Hall–Kier alpha value is -2.31. The van der Waals surface area contributed by atoms with Gasteiger partial charge < -0.3 is 10.0 Å². The number of likely N-dealkylation sites (tertiary alicyclic amines) is 2. The van der Waals surface area contributed by atoms with Crippen LogP contribution in [0.25, 0.3) is 0 Å². The molecule has 142 valence electrons. The lowest BCUT2D eigenvalue weighted by Crippen LogP contribution is -2.46. The van der Waals surface area contributed by atoms with E-state index < -0.39 is 0 Å². The molecule has 6 nitrogen and oxygen atoms in total. The van der Waals surface area contributed by atoms with Crippen LogP contribution >= 0.6 is 0 Å². The second kappa shape index (κ2) is 8.15. The SMILES string of the molecule is O=C(c1ccncc1)N1CCC(N2C[C@@H](Cc3ccccn3)[C@H](O)C2)CC1. The second-order valence-corrected chi connectivity index (χ2v) is 7.57. The van der Waals surface area contributed by atoms with Gasteiger partial charge in [0.1, 0.15) is 0 Å². The van der Waals surface area contributed by atoms with Crippen LogP contribution in [0.15, 0.2) is 48.9 Å². The zero-order chi connectivity index (χ0) is 18.6. The number of aromatic nitrogens is 2. The second-order valence-electron chi connectivity index (χ2n) is 7.57. The molecule has 0 unspecified atom stereocenters. The van der Waals surface area contributed by atoms with Crippen molar-refractivity contribution >= 4 is 5.91 Å². The molecule has 27 heavy (non-hydrogen) atoms. The van der Waals surface area contributed by atoms with Gasteiger partial charge in [-0.1, -0.05) is 6.07 Å². The van der Waals surface area contributed by atoms with Gasteiger partial charge in [-0.25, -0.2) is 0 Å². The molecule has 2 aromatic rings. The van der Waals surface area contributed by atoms with Gasteiger partial charge in [0.05, 0.1) is 6.10 Å². The van der Waals surface area contributed by atoms with Crippen molar-refractivity contribution in [2.45, 2.75) is 31.4 Å². The van der Waals surface area contributed by atoms with E-state index in [1.807, 2.05) is 29.3 Å². The van der Waals surface area contributed by atoms with Crippen LogP contribution in [0, 0.1) is 5.92 Å². The third kappa shape index (κ3) is 4.17. The molecule has 0 saturated carbocycles. The van der Waals surface area contributed by atoms with E-state index in [-0.39, 0.29) is 17.9 Å². The van der Waals surface area contributed by atoms with Gasteiger partial charge in [0.25, 0.3) is 5.91 Å². The molecular weight excluding hydrogens is 340 g/mol. The van der Waals surface area contributed by atoms with Gasteiger partial charge in [-0.15, -0.1) is 0 Å². The van der Waals surface area contributed by atoms with E-state index in [1.165, 1.54) is 0 Å². The summed E-state index contributed by atoms with van der Waals surface area (Å²) >= 11 is 0. The van der Waals surface area contributed by atoms with Crippen molar-refractivity contribution in [1.82, 2.24) is 19.8 Å². The number of β-amino-alcohol motifs (C(OH)–C–C–N with tert-alkyl or cyclic N) is 1. The number of aliphatic hydroxyl groups is 1. The van der Waals surface area contributed by atoms with Crippen LogP contribution in [0.1, 0.15) is 28.9 Å². The van der Waals surface area contributed by atoms with E-state index in [0.29, 0.717) is 11.6 Å². The predicted octanol–water partition coefficient (Wildman–Crippen LogP) is 1.62. The van der Waals surface area contributed by atoms with Crippen LogP contribution in [-0.2, 0) is 6.42 Å². The van der Waals surface area contributed by atoms with Crippen molar-refractivity contribution in [3.63, 3.8) is 0 Å². The van der Waals surface area contributed by atoms with Gasteiger partial charge in [0.2, 0.25) is 0 Å². The minimum absolute atomic E-state index is 0.0883. The van der Waals surface area contributed by atoms with E-state index in [9.17, 15) is 9.90 Å². The third-order valence-electron chi connectivity index (χ3n) is 5.83. The van der Waals surface area contributed by atoms with E-state index in [0.717, 1.165) is 51.1 Å². The van der Waals surface area contributed by atoms with Crippen LogP contribution in [0.3, 0.4) is 0 Å². The Morgan fingerprint density at radius 2 is 1.85 bits per heavy atom. The summed E-state index contributed by atoms with van der Waals surface area (Å²) < 4.78 is 0. The first-order valence-electron chi connectivity index (χ1n) is 9.72. The molecule has 6 heteroatoms. The Balaban J connectivity index is 1.30. The van der Waals surface area contributed by atoms with Crippen molar-refractivity contribution in [2.24, 2.45) is 5.92 Å². The van der Waals surface area contributed by atoms with E-state index in [2.05, 4.69) is 14.9 Å². The molecule has 1 N–H and O–H groups in total. The van der Waals surface area contributed by atoms with Crippen molar-refractivity contribution in [2.75, 3.05) is 26.2 Å². The fraction of sp³-hybridized carbons (Fsp3) is 0.476. The van der Waals surface area contributed by atoms with Crippen LogP contribution in [0.5, 0.6) is 0 Å². The highest BCUT2D eigenvalue weighted by Gasteiger charge is 2.36. The topological polar surface area (TPSA) is 69.6 Å². The summed E-state index contributed by atoms with van der Waals surface area (Å²) in [5.74, 6) is 0.321. The Bertz CT molecular complexity index is 747. The molecule has 2 saturated heterocycles. The number of carbonyl (C=O) groups excluding carboxylic acids is 1. The third-order valence-corrected chi connectivity index (χ3v) is 5.83. The van der Waals surface area contributed by atoms with E-state index >= 15 is 0 Å². The normalized spacial score (nSPS) is 24.3. The fourth-order valence-corrected chi connectivity index (χ4v) is 4.28. The molecule has 2 aliphatic rings. The lowest BCUT2D eigenvalue weighted by Gasteiger charge is -2.36. The maximum absolute atomic E-state index is 12.6. The summed E-state index contributed by atoms with van der Waals surface area (Å²) in [7, 11) is 0. The summed E-state index contributed by atoms with van der Waals surface area (Å²) in [6.07, 6.45) is 7.56. The molecule has 0 aliphatic carbocycles. The Kier molecular flexibility index (Phi) is 5.45. The molecule has 2 fully saturated rings. The van der Waals surface area contributed by atoms with Crippen molar-refractivity contribution in [3.05, 3.63) is 60.2 Å². The number of piperidine rings is 1. The fourth-order valence-electron chi connectivity index (χ4n) is 4.28. The van der Waals surface area contributed by atoms with Crippen LogP contribution in [0.2, 0.25) is 0 Å². The average molecular weight is 366 g/mol. The Morgan fingerprint density at radius 3 is 2.56 bits per heavy atom. The molecule has 2 aromatic heterocycles. The number of aliphatic hydroxyl groups excluding tert-OH is 1. The molecule has 0 bridgehead atoms. The van der Waals surface area contributed by atoms with Crippen LogP contribution < -0.4 is 0 Å². The standard InChI is InChI=1S/C21H26N4O2/c26-20-15-25(14-17(20)13-18-3-1-2-8-23-18)19-6-11-24(12-7-19)21(27)16-4-9-22-10-5-16/h1-5,8-10,17,19-20,26H,6-7,11-15H2/t17-,20-/m1/s1. The number of carbonyl (C=O) groups is 1. The number of rotatable bonds is 4. The minimum Gasteiger partial charge on any atom is -0.391 e. The number of hydrogen-bond donors (Lipinski definition) is 1. The van der Waals surface area contributed by atoms with Crippen molar-refractivity contribution in [3.8, 4) is 0 Å². The van der Waals surface area contributed by atoms with Gasteiger partial charge in [0, 0.05) is 68.0 Å². The molecule has 4 heterocycles. The first kappa shape index (κ1) is 18.1. The largest absolute Gasteiger partial charge is 0.391 e. The first-order valence-corrected chi connectivity index (χ1v) is 9.72. The smallest absolute Gasteiger partial charge is 0.253 e. The van der Waals surface area contributed by atoms with Gasteiger partial charge in [0.15, 0.2) is 0 Å². The molecule has 2 aliphatic heterocycles. The molecule has 0 spiro atoms. The monoisotopic (exact) mass is 366 g/mol. The summed E-state index contributed by atoms with van der Waals surface area (Å²) in [6, 6.07) is 9.92. The number of pyridine rings is 2. The minimum atomic E-state index is -0.302. The summed E-state index contributed by atoms with van der Waals surface area (Å²) in [5.41, 5.74) is 1.75. The zero-order valence-electron chi connectivity index (χ0n) is 15.4. The Labute approximate surface area is 159 Å². The lowest BCUT2D eigenvalue weighted by molar-refractivity contribution is 0.0627. The number of hydrogen-bond acceptors (Lipinski definition) is 5. The van der Waals surface area contributed by atoms with Crippen LogP contribution in [0.4, 0.5) is 0 Å². The summed E-state index contributed by atoms with van der Waals surface area (Å²) in [4.78, 5) is 25.3. The van der Waals surface area contributed by atoms with Crippen molar-refractivity contribution < 1.29 is 9.90 Å². The molecular formula is C21H26N4O2. The van der Waals surface area contributed by atoms with Gasteiger partial charge >= 0.3 is 0 Å². The lowest BCUT2D eigenvalue weighted by atomic mass is 9.99. The highest BCUT2D eigenvalue weighted by molar-refractivity contribution is 5.94. The highest BCUT2D eigenvalue weighted by atomic mass is 16.3. The van der Waals surface area contributed by atoms with Crippen molar-refractivity contribution in [1.29, 1.82) is 0 Å². The highest BCUT2D eigenvalue weighted by Crippen LogP contribution is 2.27. The summed E-state index contributed by atoms with van der Waals surface area (Å²) in [5, 5.41) is 10.5. The summed E-state index contributed by atoms with van der Waals surface area (Å²) in [6.45, 7) is 3.16. The zero-order valence-corrected chi connectivity index (χ0v) is 15.4. The van der Waals surface area contributed by atoms with E-state index in [1.54, 1.807) is 24.5 Å². The predicted molar refractivity (Wildman–Crippen MR) is 102 cm³/mol. The average Bonchev–Trinajstić information content (AvgIpc) is 3.09. The Morgan fingerprint density at radius 1 is 1.07 bits per heavy atom. The maximum Gasteiger partial charge on any atom is 0.253 e. The molecule has 2 atom stereocenters. The van der Waals surface area contributed by atoms with Gasteiger partial charge in [-0.05, 0) is 43.5 Å². The maximum atomic E-state index is 12.6. The van der Waals surface area contributed by atoms with Gasteiger partial charge in [-0.2, -0.15) is 0 Å². The molecule has 4 rings (SSSR count). The number of amides is 1. The molecule has 0 aromatic carbocycles. The van der Waals surface area contributed by atoms with E-state index in [4.69, 9.17) is 0 Å². The molecule has 0 radical (unpaired) electrons. The number of nitrogens with zero attached hydrogens (tertiary/aromatic N) is 4. The first-order chi connectivity index (χ1) is 13.2. The molecule has 1 amide bonds. The quantitative estimate of drug-likeness (QED) is 0.890. The van der Waals surface area contributed by atoms with Crippen LogP contribution in [-0.4, -0.2) is 69.1 Å².